The van der Waals surface area contributed by atoms with Crippen LogP contribution in [0, 0.1) is 0 Å². The summed E-state index contributed by atoms with van der Waals surface area (Å²) in [5.41, 5.74) is 8.56. The van der Waals surface area contributed by atoms with Crippen molar-refractivity contribution in [3.8, 4) is 0 Å². The minimum absolute atomic E-state index is 1.04. The van der Waals surface area contributed by atoms with Crippen LogP contribution < -0.4 is 5.73 Å². The van der Waals surface area contributed by atoms with Gasteiger partial charge in [0.1, 0.15) is 0 Å². The molecule has 0 aliphatic rings. The number of nitrogens with zero attached hydrogens (tertiary/aromatic N) is 1. The number of hydrogen-bond acceptors (Lipinski definition) is 0. The molecule has 0 saturated heterocycles. The maximum atomic E-state index is 8.56. The van der Waals surface area contributed by atoms with Gasteiger partial charge in [0.05, 0.1) is 0 Å². The molecule has 0 aromatic heterocycles. The highest BCUT2D eigenvalue weighted by atomic mass is 14.5. The van der Waals surface area contributed by atoms with Gasteiger partial charge in [-0.3, -0.25) is 0 Å². The lowest BCUT2D eigenvalue weighted by Crippen LogP contribution is -1.84. The first kappa shape index (κ1) is 27.5. The van der Waals surface area contributed by atoms with Crippen LogP contribution in [0.4, 0.5) is 0 Å². The first-order chi connectivity index (χ1) is 13.9. The molecule has 166 valence electrons. The van der Waals surface area contributed by atoms with Crippen LogP contribution in [0.25, 0.3) is 0 Å². The van der Waals surface area contributed by atoms with Gasteiger partial charge in [-0.25, -0.2) is 0 Å². The zero-order chi connectivity index (χ0) is 20.4. The third kappa shape index (κ3) is 25.5. The Kier molecular flexibility index (Phi) is 26.1. The fourth-order valence-electron chi connectivity index (χ4n) is 4.12. The van der Waals surface area contributed by atoms with Crippen LogP contribution in [0.2, 0.25) is 0 Å². The van der Waals surface area contributed by atoms with Gasteiger partial charge in [0, 0.05) is 6.20 Å². The maximum absolute atomic E-state index is 8.56. The van der Waals surface area contributed by atoms with E-state index in [0.29, 0.717) is 0 Å². The highest BCUT2D eigenvalue weighted by Crippen LogP contribution is 2.15. The van der Waals surface area contributed by atoms with E-state index in [4.69, 9.17) is 5.73 Å². The van der Waals surface area contributed by atoms with Crippen LogP contribution in [0.1, 0.15) is 161 Å². The van der Waals surface area contributed by atoms with Gasteiger partial charge in [0.25, 0.3) is 0 Å². The number of allylic oxidation sites excluding steroid dienone is 1. The molecule has 1 heteroatoms. The Bertz CT molecular complexity index is 284. The molecule has 0 heterocycles. The Morgan fingerprint density at radius 3 is 0.893 bits per heavy atom. The number of rotatable bonds is 24. The van der Waals surface area contributed by atoms with Gasteiger partial charge in [-0.05, 0) is 12.8 Å². The second-order valence-corrected chi connectivity index (χ2v) is 8.95. The predicted molar refractivity (Wildman–Crippen MR) is 128 cm³/mol. The van der Waals surface area contributed by atoms with Gasteiger partial charge in [-0.15, -0.1) is 0 Å². The van der Waals surface area contributed by atoms with Gasteiger partial charge in [0.15, 0.2) is 0 Å². The number of unbranched alkanes of at least 4 members (excludes halogenated alkanes) is 23. The van der Waals surface area contributed by atoms with Crippen molar-refractivity contribution < 1.29 is 0 Å². The summed E-state index contributed by atoms with van der Waals surface area (Å²) in [6.07, 6.45) is 37.1. The average molecular weight is 392 g/mol. The summed E-state index contributed by atoms with van der Waals surface area (Å²) < 4.78 is 0. The van der Waals surface area contributed by atoms with Gasteiger partial charge >= 0.3 is 0 Å². The zero-order valence-electron chi connectivity index (χ0n) is 19.6. The Balaban J connectivity index is 2.98. The van der Waals surface area contributed by atoms with Crippen LogP contribution >= 0.6 is 0 Å². The van der Waals surface area contributed by atoms with Crippen LogP contribution in [-0.2, 0) is 0 Å². The van der Waals surface area contributed by atoms with Crippen LogP contribution in [0.5, 0.6) is 0 Å². The van der Waals surface area contributed by atoms with E-state index in [1.165, 1.54) is 154 Å². The highest BCUT2D eigenvalue weighted by molar-refractivity contribution is 4.74. The minimum Gasteiger partial charge on any atom is -0.160 e. The first-order valence-electron chi connectivity index (χ1n) is 13.2. The molecule has 0 aliphatic carbocycles. The normalized spacial score (nSPS) is 11.6. The monoisotopic (exact) mass is 391 g/mol. The van der Waals surface area contributed by atoms with E-state index in [0.717, 1.165) is 6.42 Å². The summed E-state index contributed by atoms with van der Waals surface area (Å²) in [6, 6.07) is 0. The molecule has 1 nitrogen and oxygen atoms in total. The summed E-state index contributed by atoms with van der Waals surface area (Å²) in [4.78, 5) is 0. The quantitative estimate of drug-likeness (QED) is 0.146. The van der Waals surface area contributed by atoms with Crippen molar-refractivity contribution in [2.24, 2.45) is 0 Å². The molecule has 0 saturated carbocycles. The number of hydrogen-bond donors (Lipinski definition) is 0. The first-order valence-corrected chi connectivity index (χ1v) is 13.2. The standard InChI is InChI=1S/C27H53N/c1-2-3-4-5-6-7-8-9-10-11-12-13-14-15-16-17-18-19-20-21-22-23-24-25-26-27-28/h26-27H,2-25H2,1H3. The third-order valence-corrected chi connectivity index (χ3v) is 6.08. The van der Waals surface area contributed by atoms with Crippen LogP contribution in [0.3, 0.4) is 0 Å². The fraction of sp³-hybridized carbons (Fsp3) is 0.926. The second-order valence-electron chi connectivity index (χ2n) is 8.95. The molecular formula is C27H53N. The lowest BCUT2D eigenvalue weighted by molar-refractivity contribution is 0.518. The van der Waals surface area contributed by atoms with E-state index in [1.807, 2.05) is 6.08 Å². The van der Waals surface area contributed by atoms with E-state index in [9.17, 15) is 0 Å². The fourth-order valence-corrected chi connectivity index (χ4v) is 4.12. The van der Waals surface area contributed by atoms with Crippen molar-refractivity contribution in [1.82, 2.24) is 5.73 Å². The summed E-state index contributed by atoms with van der Waals surface area (Å²) in [7, 11) is 0. The molecule has 0 unspecified atom stereocenters. The predicted octanol–water partition coefficient (Wildman–Crippen LogP) is 9.95. The molecule has 0 fully saturated rings. The van der Waals surface area contributed by atoms with Gasteiger partial charge in [-0.1, -0.05) is 154 Å². The topological polar surface area (TPSA) is 22.3 Å². The van der Waals surface area contributed by atoms with Crippen LogP contribution in [-0.4, -0.2) is 0 Å². The third-order valence-electron chi connectivity index (χ3n) is 6.08. The van der Waals surface area contributed by atoms with Crippen molar-refractivity contribution in [3.63, 3.8) is 0 Å². The molecule has 0 aliphatic heterocycles. The lowest BCUT2D eigenvalue weighted by atomic mass is 10.0. The van der Waals surface area contributed by atoms with Crippen molar-refractivity contribution in [2.45, 2.75) is 161 Å². The molecule has 0 aromatic carbocycles. The molecule has 0 rings (SSSR count). The molecule has 0 amide bonds. The second kappa shape index (κ2) is 26.5. The summed E-state index contributed by atoms with van der Waals surface area (Å²) in [6.45, 7) is 2.30. The van der Waals surface area contributed by atoms with Crippen molar-refractivity contribution in [2.75, 3.05) is 0 Å². The van der Waals surface area contributed by atoms with Gasteiger partial charge in [0.2, 0.25) is 0 Å². The minimum atomic E-state index is 1.04. The Hall–Kier alpha value is -0.460. The SMILES string of the molecule is CCCCCCCCCCCCCCCCCCCCCCCCCC=C[N]. The molecular weight excluding hydrogens is 338 g/mol. The molecule has 0 bridgehead atoms. The maximum Gasteiger partial charge on any atom is 0.0455 e. The van der Waals surface area contributed by atoms with E-state index >= 15 is 0 Å². The van der Waals surface area contributed by atoms with Crippen molar-refractivity contribution in [3.05, 3.63) is 12.3 Å². The van der Waals surface area contributed by atoms with Gasteiger partial charge in [-0.2, -0.15) is 5.73 Å². The van der Waals surface area contributed by atoms with Crippen molar-refractivity contribution in [1.29, 1.82) is 0 Å². The van der Waals surface area contributed by atoms with E-state index in [-0.39, 0.29) is 0 Å². The average Bonchev–Trinajstić information content (AvgIpc) is 2.71. The molecule has 0 spiro atoms. The molecule has 0 aromatic rings. The zero-order valence-corrected chi connectivity index (χ0v) is 19.6. The smallest absolute Gasteiger partial charge is 0.0455 e. The van der Waals surface area contributed by atoms with Crippen molar-refractivity contribution >= 4 is 0 Å². The summed E-state index contributed by atoms with van der Waals surface area (Å²) in [5, 5.41) is 0. The van der Waals surface area contributed by atoms with E-state index < -0.39 is 0 Å². The largest absolute Gasteiger partial charge is 0.160 e. The van der Waals surface area contributed by atoms with E-state index in [1.54, 1.807) is 0 Å². The summed E-state index contributed by atoms with van der Waals surface area (Å²) >= 11 is 0. The molecule has 28 heavy (non-hydrogen) atoms. The van der Waals surface area contributed by atoms with Crippen LogP contribution in [0.15, 0.2) is 12.3 Å². The van der Waals surface area contributed by atoms with Gasteiger partial charge < -0.3 is 0 Å². The Morgan fingerprint density at radius 1 is 0.393 bits per heavy atom. The molecule has 0 atom stereocenters. The molecule has 2 radical (unpaired) electrons. The highest BCUT2D eigenvalue weighted by Gasteiger charge is 1.95. The molecule has 0 N–H and O–H groups in total. The van der Waals surface area contributed by atoms with E-state index in [2.05, 4.69) is 6.92 Å². The summed E-state index contributed by atoms with van der Waals surface area (Å²) in [5.74, 6) is 0. The lowest BCUT2D eigenvalue weighted by Gasteiger charge is -2.04. The Labute approximate surface area is 179 Å². The Morgan fingerprint density at radius 2 is 0.643 bits per heavy atom.